The lowest BCUT2D eigenvalue weighted by Gasteiger charge is -2.03. The molecule has 7 heteroatoms. The number of likely N-dealkylation sites (N-methyl/N-ethyl adjacent to an activating group) is 1. The number of hydrogen-bond acceptors (Lipinski definition) is 5. The van der Waals surface area contributed by atoms with Gasteiger partial charge in [0.05, 0.1) is 6.33 Å². The van der Waals surface area contributed by atoms with Gasteiger partial charge in [-0.05, 0) is 13.3 Å². The van der Waals surface area contributed by atoms with E-state index in [-0.39, 0.29) is 0 Å². The molecule has 1 N–H and O–H groups in total. The SMILES string of the molecule is CCc1nc(Cl)c2ncn(CCNC)c2n1.CS. The van der Waals surface area contributed by atoms with Crippen LogP contribution in [-0.4, -0.2) is 39.4 Å². The number of nitrogens with zero attached hydrogens (tertiary/aromatic N) is 4. The molecule has 0 radical (unpaired) electrons. The smallest absolute Gasteiger partial charge is 0.165 e. The zero-order valence-electron chi connectivity index (χ0n) is 10.8. The highest BCUT2D eigenvalue weighted by molar-refractivity contribution is 7.79. The Morgan fingerprint density at radius 3 is 2.72 bits per heavy atom. The lowest BCUT2D eigenvalue weighted by Crippen LogP contribution is -2.14. The quantitative estimate of drug-likeness (QED) is 0.665. The highest BCUT2D eigenvalue weighted by Gasteiger charge is 2.10. The largest absolute Gasteiger partial charge is 0.318 e. The Labute approximate surface area is 117 Å². The van der Waals surface area contributed by atoms with Gasteiger partial charge in [0.2, 0.25) is 0 Å². The number of hydrogen-bond donors (Lipinski definition) is 2. The van der Waals surface area contributed by atoms with Crippen molar-refractivity contribution in [1.29, 1.82) is 0 Å². The van der Waals surface area contributed by atoms with E-state index in [1.807, 2.05) is 18.5 Å². The molecule has 5 nitrogen and oxygen atoms in total. The first-order valence-electron chi connectivity index (χ1n) is 5.72. The van der Waals surface area contributed by atoms with E-state index in [0.29, 0.717) is 10.7 Å². The molecule has 0 aliphatic heterocycles. The molecule has 0 bridgehead atoms. The Hall–Kier alpha value is -0.850. The van der Waals surface area contributed by atoms with Crippen LogP contribution in [0.15, 0.2) is 6.33 Å². The fourth-order valence-corrected chi connectivity index (χ4v) is 1.74. The van der Waals surface area contributed by atoms with Crippen LogP contribution in [0.3, 0.4) is 0 Å². The highest BCUT2D eigenvalue weighted by Crippen LogP contribution is 2.18. The maximum atomic E-state index is 6.05. The minimum absolute atomic E-state index is 0.435. The standard InChI is InChI=1S/C10H14ClN5.CH4S/c1-3-7-14-9(11)8-10(15-7)16(6-13-8)5-4-12-2;1-2/h6,12H,3-5H2,1-2H3;2H,1H3. The monoisotopic (exact) mass is 287 g/mol. The Morgan fingerprint density at radius 1 is 1.39 bits per heavy atom. The lowest BCUT2D eigenvalue weighted by molar-refractivity contribution is 0.653. The van der Waals surface area contributed by atoms with E-state index in [1.165, 1.54) is 0 Å². The minimum atomic E-state index is 0.435. The van der Waals surface area contributed by atoms with Crippen LogP contribution in [0.1, 0.15) is 12.7 Å². The van der Waals surface area contributed by atoms with Gasteiger partial charge < -0.3 is 9.88 Å². The third kappa shape index (κ3) is 3.34. The number of fused-ring (bicyclic) bond motifs is 1. The topological polar surface area (TPSA) is 55.6 Å². The molecule has 0 aliphatic rings. The molecule has 0 aromatic carbocycles. The van der Waals surface area contributed by atoms with E-state index in [2.05, 4.69) is 32.9 Å². The number of aromatic nitrogens is 4. The van der Waals surface area contributed by atoms with Crippen molar-refractivity contribution in [2.45, 2.75) is 19.9 Å². The maximum Gasteiger partial charge on any atom is 0.165 e. The van der Waals surface area contributed by atoms with Crippen molar-refractivity contribution < 1.29 is 0 Å². The molecule has 100 valence electrons. The average Bonchev–Trinajstić information content (AvgIpc) is 2.82. The van der Waals surface area contributed by atoms with Crippen molar-refractivity contribution in [1.82, 2.24) is 24.8 Å². The van der Waals surface area contributed by atoms with Crippen LogP contribution in [0, 0.1) is 0 Å². The average molecular weight is 288 g/mol. The molecular weight excluding hydrogens is 270 g/mol. The first-order valence-corrected chi connectivity index (χ1v) is 7.00. The predicted octanol–water partition coefficient (Wildman–Crippen LogP) is 1.81. The second-order valence-corrected chi connectivity index (χ2v) is 3.86. The van der Waals surface area contributed by atoms with E-state index in [9.17, 15) is 0 Å². The van der Waals surface area contributed by atoms with E-state index in [0.717, 1.165) is 31.0 Å². The molecular formula is C11H18ClN5S. The molecule has 0 spiro atoms. The molecule has 18 heavy (non-hydrogen) atoms. The molecule has 0 saturated heterocycles. The number of halogens is 1. The zero-order valence-corrected chi connectivity index (χ0v) is 12.5. The predicted molar refractivity (Wildman–Crippen MR) is 78.5 cm³/mol. The second kappa shape index (κ2) is 7.56. The van der Waals surface area contributed by atoms with Crippen LogP contribution in [0.4, 0.5) is 0 Å². The second-order valence-electron chi connectivity index (χ2n) is 3.50. The van der Waals surface area contributed by atoms with Gasteiger partial charge in [-0.25, -0.2) is 15.0 Å². The molecule has 0 fully saturated rings. The fraction of sp³-hybridized carbons (Fsp3) is 0.545. The van der Waals surface area contributed by atoms with Gasteiger partial charge in [0.25, 0.3) is 0 Å². The number of aryl methyl sites for hydroxylation is 1. The molecule has 2 heterocycles. The zero-order chi connectivity index (χ0) is 13.5. The van der Waals surface area contributed by atoms with Crippen molar-refractivity contribution in [2.24, 2.45) is 0 Å². The molecule has 0 amide bonds. The molecule has 2 aromatic heterocycles. The Bertz CT molecular complexity index is 499. The first kappa shape index (κ1) is 15.2. The third-order valence-electron chi connectivity index (χ3n) is 2.39. The van der Waals surface area contributed by atoms with E-state index in [1.54, 1.807) is 12.6 Å². The summed E-state index contributed by atoms with van der Waals surface area (Å²) >= 11 is 9.57. The van der Waals surface area contributed by atoms with Gasteiger partial charge >= 0.3 is 0 Å². The maximum absolute atomic E-state index is 6.05. The van der Waals surface area contributed by atoms with Crippen LogP contribution in [0.25, 0.3) is 11.2 Å². The van der Waals surface area contributed by atoms with Crippen molar-refractivity contribution >= 4 is 35.4 Å². The summed E-state index contributed by atoms with van der Waals surface area (Å²) in [5, 5.41) is 3.52. The number of thiol groups is 1. The van der Waals surface area contributed by atoms with Gasteiger partial charge in [-0.1, -0.05) is 18.5 Å². The van der Waals surface area contributed by atoms with E-state index < -0.39 is 0 Å². The van der Waals surface area contributed by atoms with Gasteiger partial charge in [-0.2, -0.15) is 12.6 Å². The Balaban J connectivity index is 0.000000771. The van der Waals surface area contributed by atoms with Crippen molar-refractivity contribution in [2.75, 3.05) is 19.8 Å². The summed E-state index contributed by atoms with van der Waals surface area (Å²) in [6, 6.07) is 0. The van der Waals surface area contributed by atoms with E-state index >= 15 is 0 Å². The Kier molecular flexibility index (Phi) is 6.38. The molecule has 2 aromatic rings. The number of nitrogens with one attached hydrogen (secondary N) is 1. The molecule has 0 atom stereocenters. The van der Waals surface area contributed by atoms with E-state index in [4.69, 9.17) is 11.6 Å². The van der Waals surface area contributed by atoms with Crippen LogP contribution in [0.2, 0.25) is 5.15 Å². The minimum Gasteiger partial charge on any atom is -0.318 e. The van der Waals surface area contributed by atoms with Gasteiger partial charge in [-0.3, -0.25) is 0 Å². The highest BCUT2D eigenvalue weighted by atomic mass is 35.5. The van der Waals surface area contributed by atoms with Gasteiger partial charge in [0.1, 0.15) is 11.3 Å². The summed E-state index contributed by atoms with van der Waals surface area (Å²) in [5.41, 5.74) is 1.49. The molecule has 0 unspecified atom stereocenters. The summed E-state index contributed by atoms with van der Waals surface area (Å²) in [6.07, 6.45) is 4.22. The van der Waals surface area contributed by atoms with Crippen molar-refractivity contribution in [3.05, 3.63) is 17.3 Å². The van der Waals surface area contributed by atoms with Crippen LogP contribution < -0.4 is 5.32 Å². The molecule has 0 saturated carbocycles. The first-order chi connectivity index (χ1) is 8.76. The van der Waals surface area contributed by atoms with Gasteiger partial charge in [0.15, 0.2) is 10.8 Å². The van der Waals surface area contributed by atoms with Crippen LogP contribution >= 0.6 is 24.2 Å². The van der Waals surface area contributed by atoms with Crippen molar-refractivity contribution in [3.63, 3.8) is 0 Å². The summed E-state index contributed by atoms with van der Waals surface area (Å²) < 4.78 is 1.98. The number of rotatable bonds is 4. The summed E-state index contributed by atoms with van der Waals surface area (Å²) in [7, 11) is 1.92. The summed E-state index contributed by atoms with van der Waals surface area (Å²) in [6.45, 7) is 3.70. The summed E-state index contributed by atoms with van der Waals surface area (Å²) in [4.78, 5) is 12.8. The van der Waals surface area contributed by atoms with Gasteiger partial charge in [0, 0.05) is 19.5 Å². The van der Waals surface area contributed by atoms with Crippen LogP contribution in [-0.2, 0) is 13.0 Å². The van der Waals surface area contributed by atoms with Gasteiger partial charge in [-0.15, -0.1) is 0 Å². The fourth-order valence-electron chi connectivity index (χ4n) is 1.51. The van der Waals surface area contributed by atoms with Crippen molar-refractivity contribution in [3.8, 4) is 0 Å². The number of imidazole rings is 1. The molecule has 0 aliphatic carbocycles. The molecule has 2 rings (SSSR count). The summed E-state index contributed by atoms with van der Waals surface area (Å²) in [5.74, 6) is 0.753. The Morgan fingerprint density at radius 2 is 2.11 bits per heavy atom. The van der Waals surface area contributed by atoms with Crippen LogP contribution in [0.5, 0.6) is 0 Å². The lowest BCUT2D eigenvalue weighted by atomic mass is 10.4. The normalized spacial score (nSPS) is 10.3. The third-order valence-corrected chi connectivity index (χ3v) is 2.65.